The summed E-state index contributed by atoms with van der Waals surface area (Å²) < 4.78 is 5.50. The minimum Gasteiger partial charge on any atom is -0.394 e. The first-order valence-corrected chi connectivity index (χ1v) is 6.04. The van der Waals surface area contributed by atoms with Crippen molar-refractivity contribution in [3.05, 3.63) is 0 Å². The number of nitrogens with one attached hydrogen (secondary N) is 1. The zero-order valence-corrected chi connectivity index (χ0v) is 9.52. The van der Waals surface area contributed by atoms with E-state index in [0.29, 0.717) is 13.0 Å². The van der Waals surface area contributed by atoms with E-state index in [1.807, 2.05) is 0 Å². The van der Waals surface area contributed by atoms with Gasteiger partial charge in [-0.2, -0.15) is 0 Å². The Morgan fingerprint density at radius 2 is 2.44 bits per heavy atom. The number of likely N-dealkylation sites (tertiary alicyclic amines) is 1. The number of aliphatic hydroxyl groups excluding tert-OH is 1. The number of aliphatic hydroxyl groups is 1. The van der Waals surface area contributed by atoms with Gasteiger partial charge in [0.05, 0.1) is 31.8 Å². The van der Waals surface area contributed by atoms with Crippen molar-refractivity contribution in [2.24, 2.45) is 0 Å². The largest absolute Gasteiger partial charge is 0.394 e. The average molecular weight is 228 g/mol. The Morgan fingerprint density at radius 1 is 1.56 bits per heavy atom. The molecule has 0 radical (unpaired) electrons. The fourth-order valence-electron chi connectivity index (χ4n) is 2.42. The van der Waals surface area contributed by atoms with Crippen molar-refractivity contribution in [3.63, 3.8) is 0 Å². The highest BCUT2D eigenvalue weighted by Gasteiger charge is 2.29. The quantitative estimate of drug-likeness (QED) is 0.674. The molecule has 0 aromatic heterocycles. The van der Waals surface area contributed by atoms with Crippen LogP contribution in [0.15, 0.2) is 0 Å². The third kappa shape index (κ3) is 2.72. The molecule has 5 nitrogen and oxygen atoms in total. The first-order chi connectivity index (χ1) is 7.81. The Balaban J connectivity index is 1.82. The molecule has 0 saturated carbocycles. The molecule has 2 atom stereocenters. The normalized spacial score (nSPS) is 30.7. The number of carbonyl (C=O) groups excluding carboxylic acids is 1. The van der Waals surface area contributed by atoms with Gasteiger partial charge in [0.1, 0.15) is 0 Å². The lowest BCUT2D eigenvalue weighted by atomic mass is 10.2. The van der Waals surface area contributed by atoms with Gasteiger partial charge in [0, 0.05) is 19.6 Å². The highest BCUT2D eigenvalue weighted by molar-refractivity contribution is 5.77. The molecule has 2 aliphatic rings. The molecule has 2 aliphatic heterocycles. The Kier molecular flexibility index (Phi) is 4.15. The van der Waals surface area contributed by atoms with E-state index in [0.717, 1.165) is 32.5 Å². The third-order valence-electron chi connectivity index (χ3n) is 3.31. The zero-order valence-electron chi connectivity index (χ0n) is 9.52. The number of hydrogen-bond donors (Lipinski definition) is 2. The summed E-state index contributed by atoms with van der Waals surface area (Å²) >= 11 is 0. The maximum atomic E-state index is 12.0. The van der Waals surface area contributed by atoms with Crippen LogP contribution in [0.1, 0.15) is 19.3 Å². The van der Waals surface area contributed by atoms with Crippen molar-refractivity contribution < 1.29 is 14.6 Å². The van der Waals surface area contributed by atoms with Crippen molar-refractivity contribution in [1.29, 1.82) is 0 Å². The standard InChI is InChI=1S/C11H20N2O3/c14-8-9-2-1-4-13(9)11(15)6-10-7-12-3-5-16-10/h9-10,12,14H,1-8H2/t9-,10?/m0/s1. The van der Waals surface area contributed by atoms with Gasteiger partial charge >= 0.3 is 0 Å². The number of hydrogen-bond acceptors (Lipinski definition) is 4. The van der Waals surface area contributed by atoms with E-state index >= 15 is 0 Å². The van der Waals surface area contributed by atoms with Gasteiger partial charge in [0.2, 0.25) is 5.91 Å². The second-order valence-electron chi connectivity index (χ2n) is 4.47. The maximum Gasteiger partial charge on any atom is 0.225 e. The van der Waals surface area contributed by atoms with E-state index in [-0.39, 0.29) is 24.7 Å². The van der Waals surface area contributed by atoms with Gasteiger partial charge in [-0.15, -0.1) is 0 Å². The highest BCUT2D eigenvalue weighted by Crippen LogP contribution is 2.18. The number of rotatable bonds is 3. The monoisotopic (exact) mass is 228 g/mol. The fourth-order valence-corrected chi connectivity index (χ4v) is 2.42. The third-order valence-corrected chi connectivity index (χ3v) is 3.31. The molecule has 0 aromatic carbocycles. The van der Waals surface area contributed by atoms with Crippen LogP contribution in [0.2, 0.25) is 0 Å². The van der Waals surface area contributed by atoms with E-state index in [1.165, 1.54) is 0 Å². The van der Waals surface area contributed by atoms with E-state index < -0.39 is 0 Å². The predicted octanol–water partition coefficient (Wildman–Crippen LogP) is -0.652. The van der Waals surface area contributed by atoms with Crippen LogP contribution in [0.25, 0.3) is 0 Å². The van der Waals surface area contributed by atoms with E-state index in [4.69, 9.17) is 9.84 Å². The van der Waals surface area contributed by atoms with Crippen LogP contribution in [0.5, 0.6) is 0 Å². The van der Waals surface area contributed by atoms with Crippen LogP contribution in [0.3, 0.4) is 0 Å². The number of morpholine rings is 1. The molecule has 92 valence electrons. The number of ether oxygens (including phenoxy) is 1. The summed E-state index contributed by atoms with van der Waals surface area (Å²) in [5.74, 6) is 0.116. The van der Waals surface area contributed by atoms with Crippen LogP contribution in [0.4, 0.5) is 0 Å². The van der Waals surface area contributed by atoms with E-state index in [9.17, 15) is 4.79 Å². The molecule has 2 heterocycles. The minimum atomic E-state index is 0.00110. The van der Waals surface area contributed by atoms with Gasteiger partial charge in [0.15, 0.2) is 0 Å². The molecule has 5 heteroatoms. The SMILES string of the molecule is O=C(CC1CNCCO1)N1CCC[C@H]1CO. The number of nitrogens with zero attached hydrogens (tertiary/aromatic N) is 1. The smallest absolute Gasteiger partial charge is 0.225 e. The second kappa shape index (κ2) is 5.61. The Labute approximate surface area is 95.8 Å². The van der Waals surface area contributed by atoms with E-state index in [1.54, 1.807) is 4.90 Å². The lowest BCUT2D eigenvalue weighted by Crippen LogP contribution is -2.44. The van der Waals surface area contributed by atoms with Gasteiger partial charge in [-0.05, 0) is 12.8 Å². The van der Waals surface area contributed by atoms with Crippen molar-refractivity contribution in [2.75, 3.05) is 32.8 Å². The second-order valence-corrected chi connectivity index (χ2v) is 4.47. The molecule has 2 rings (SSSR count). The fraction of sp³-hybridized carbons (Fsp3) is 0.909. The molecule has 2 saturated heterocycles. The first-order valence-electron chi connectivity index (χ1n) is 6.04. The Morgan fingerprint density at radius 3 is 3.12 bits per heavy atom. The minimum absolute atomic E-state index is 0.00110. The van der Waals surface area contributed by atoms with Crippen molar-refractivity contribution in [1.82, 2.24) is 10.2 Å². The van der Waals surface area contributed by atoms with Crippen molar-refractivity contribution in [3.8, 4) is 0 Å². The van der Waals surface area contributed by atoms with Crippen LogP contribution in [0, 0.1) is 0 Å². The summed E-state index contributed by atoms with van der Waals surface area (Å²) in [7, 11) is 0. The van der Waals surface area contributed by atoms with Gasteiger partial charge < -0.3 is 20.1 Å². The summed E-state index contributed by atoms with van der Waals surface area (Å²) in [6.07, 6.45) is 2.36. The lowest BCUT2D eigenvalue weighted by Gasteiger charge is -2.27. The summed E-state index contributed by atoms with van der Waals surface area (Å²) in [5.41, 5.74) is 0. The van der Waals surface area contributed by atoms with Crippen LogP contribution >= 0.6 is 0 Å². The molecule has 1 amide bonds. The van der Waals surface area contributed by atoms with Gasteiger partial charge in [-0.3, -0.25) is 4.79 Å². The van der Waals surface area contributed by atoms with Crippen LogP contribution < -0.4 is 5.32 Å². The zero-order chi connectivity index (χ0) is 11.4. The van der Waals surface area contributed by atoms with Gasteiger partial charge in [0.25, 0.3) is 0 Å². The molecule has 0 aliphatic carbocycles. The average Bonchev–Trinajstić information content (AvgIpc) is 2.78. The maximum absolute atomic E-state index is 12.0. The lowest BCUT2D eigenvalue weighted by molar-refractivity contribution is -0.136. The molecule has 0 aromatic rings. The summed E-state index contributed by atoms with van der Waals surface area (Å²) in [4.78, 5) is 13.8. The topological polar surface area (TPSA) is 61.8 Å². The molecule has 2 N–H and O–H groups in total. The Bertz CT molecular complexity index is 241. The van der Waals surface area contributed by atoms with Gasteiger partial charge in [-0.25, -0.2) is 0 Å². The summed E-state index contributed by atoms with van der Waals surface area (Å²) in [6, 6.07) is 0.0315. The molecular formula is C11H20N2O3. The molecule has 2 fully saturated rings. The predicted molar refractivity (Wildman–Crippen MR) is 59.0 cm³/mol. The van der Waals surface area contributed by atoms with Crippen LogP contribution in [-0.4, -0.2) is 60.9 Å². The summed E-state index contributed by atoms with van der Waals surface area (Å²) in [5, 5.41) is 12.4. The molecule has 0 bridgehead atoms. The number of amides is 1. The molecule has 16 heavy (non-hydrogen) atoms. The van der Waals surface area contributed by atoms with E-state index in [2.05, 4.69) is 5.32 Å². The molecular weight excluding hydrogens is 208 g/mol. The molecule has 0 spiro atoms. The highest BCUT2D eigenvalue weighted by atomic mass is 16.5. The Hall–Kier alpha value is -0.650. The molecule has 1 unspecified atom stereocenters. The number of carbonyl (C=O) groups is 1. The van der Waals surface area contributed by atoms with Crippen LogP contribution in [-0.2, 0) is 9.53 Å². The summed E-state index contributed by atoms with van der Waals surface area (Å²) in [6.45, 7) is 3.16. The first kappa shape index (κ1) is 11.8. The van der Waals surface area contributed by atoms with Crippen molar-refractivity contribution >= 4 is 5.91 Å². The van der Waals surface area contributed by atoms with Crippen molar-refractivity contribution in [2.45, 2.75) is 31.4 Å². The van der Waals surface area contributed by atoms with Gasteiger partial charge in [-0.1, -0.05) is 0 Å².